The van der Waals surface area contributed by atoms with Gasteiger partial charge in [0.15, 0.2) is 0 Å². The summed E-state index contributed by atoms with van der Waals surface area (Å²) in [5.74, 6) is 0.872. The van der Waals surface area contributed by atoms with Crippen LogP contribution in [0.2, 0.25) is 0 Å². The molecule has 152 valence electrons. The van der Waals surface area contributed by atoms with Crippen LogP contribution in [0.4, 0.5) is 0 Å². The number of hydrogen-bond donors (Lipinski definition) is 1. The second-order valence-corrected chi connectivity index (χ2v) is 8.08. The third-order valence-corrected chi connectivity index (χ3v) is 5.40. The lowest BCUT2D eigenvalue weighted by atomic mass is 10.0. The summed E-state index contributed by atoms with van der Waals surface area (Å²) in [7, 11) is 3.97. The zero-order valence-corrected chi connectivity index (χ0v) is 17.4. The maximum absolute atomic E-state index is 12.6. The highest BCUT2D eigenvalue weighted by atomic mass is 16.2. The second-order valence-electron chi connectivity index (χ2n) is 8.08. The molecule has 1 aromatic carbocycles. The highest BCUT2D eigenvalue weighted by molar-refractivity contribution is 5.79. The van der Waals surface area contributed by atoms with Crippen LogP contribution in [0.25, 0.3) is 0 Å². The van der Waals surface area contributed by atoms with Crippen molar-refractivity contribution in [2.24, 2.45) is 0 Å². The van der Waals surface area contributed by atoms with E-state index in [-0.39, 0.29) is 17.6 Å². The Kier molecular flexibility index (Phi) is 6.34. The molecule has 1 aliphatic heterocycles. The zero-order valence-electron chi connectivity index (χ0n) is 17.4. The maximum Gasteiger partial charge on any atom is 0.345 e. The molecule has 2 aromatic rings. The van der Waals surface area contributed by atoms with Crippen LogP contribution in [0.5, 0.6) is 0 Å². The molecule has 0 fully saturated rings. The Morgan fingerprint density at radius 3 is 2.82 bits per heavy atom. The van der Waals surface area contributed by atoms with Crippen molar-refractivity contribution in [3.8, 4) is 0 Å². The van der Waals surface area contributed by atoms with Crippen LogP contribution in [0.1, 0.15) is 35.4 Å². The number of likely N-dealkylation sites (N-methyl/N-ethyl adjacent to an activating group) is 1. The van der Waals surface area contributed by atoms with Crippen molar-refractivity contribution in [2.75, 3.05) is 20.6 Å². The summed E-state index contributed by atoms with van der Waals surface area (Å²) in [6.45, 7) is 6.06. The van der Waals surface area contributed by atoms with Crippen LogP contribution in [0, 0.1) is 13.8 Å². The van der Waals surface area contributed by atoms with Gasteiger partial charge < -0.3 is 10.2 Å². The van der Waals surface area contributed by atoms with Gasteiger partial charge in [0, 0.05) is 25.6 Å². The fraction of sp³-hybridized carbons (Fsp3) is 0.571. The molecule has 0 bridgehead atoms. The van der Waals surface area contributed by atoms with Gasteiger partial charge >= 0.3 is 5.69 Å². The van der Waals surface area contributed by atoms with E-state index in [1.807, 2.05) is 32.8 Å². The van der Waals surface area contributed by atoms with E-state index < -0.39 is 0 Å². The molecule has 7 heteroatoms. The van der Waals surface area contributed by atoms with E-state index in [9.17, 15) is 9.59 Å². The number of aryl methyl sites for hydroxylation is 3. The van der Waals surface area contributed by atoms with Crippen LogP contribution in [-0.4, -0.2) is 51.8 Å². The minimum Gasteiger partial charge on any atom is -0.353 e. The van der Waals surface area contributed by atoms with E-state index in [0.717, 1.165) is 36.3 Å². The number of benzene rings is 1. The lowest BCUT2D eigenvalue weighted by Crippen LogP contribution is -2.37. The monoisotopic (exact) mass is 385 g/mol. The smallest absolute Gasteiger partial charge is 0.345 e. The molecule has 1 aliphatic rings. The Balaban J connectivity index is 1.59. The molecule has 0 radical (unpaired) electrons. The van der Waals surface area contributed by atoms with Crippen LogP contribution in [0.3, 0.4) is 0 Å². The number of fused-ring (bicyclic) bond motifs is 1. The fourth-order valence-corrected chi connectivity index (χ4v) is 3.66. The van der Waals surface area contributed by atoms with Gasteiger partial charge in [0.25, 0.3) is 0 Å². The molecular weight excluding hydrogens is 354 g/mol. The number of carbonyl (C=O) groups is 1. The molecule has 28 heavy (non-hydrogen) atoms. The molecule has 7 nitrogen and oxygen atoms in total. The number of carbonyl (C=O) groups excluding carboxylic acids is 1. The predicted molar refractivity (Wildman–Crippen MR) is 110 cm³/mol. The van der Waals surface area contributed by atoms with E-state index in [4.69, 9.17) is 0 Å². The Morgan fingerprint density at radius 1 is 1.29 bits per heavy atom. The summed E-state index contributed by atoms with van der Waals surface area (Å²) < 4.78 is 3.33. The van der Waals surface area contributed by atoms with Gasteiger partial charge in [-0.05, 0) is 51.9 Å². The Bertz CT molecular complexity index is 897. The van der Waals surface area contributed by atoms with Crippen LogP contribution >= 0.6 is 0 Å². The molecule has 0 saturated heterocycles. The minimum absolute atomic E-state index is 0.0424. The molecule has 1 N–H and O–H groups in total. The highest BCUT2D eigenvalue weighted by Crippen LogP contribution is 2.14. The van der Waals surface area contributed by atoms with Gasteiger partial charge in [-0.25, -0.2) is 9.48 Å². The summed E-state index contributed by atoms with van der Waals surface area (Å²) in [6.07, 6.45) is 2.66. The first kappa shape index (κ1) is 20.3. The van der Waals surface area contributed by atoms with Crippen molar-refractivity contribution in [1.82, 2.24) is 24.6 Å². The average Bonchev–Trinajstić information content (AvgIpc) is 2.80. The second kappa shape index (κ2) is 8.73. The fourth-order valence-electron chi connectivity index (χ4n) is 3.66. The van der Waals surface area contributed by atoms with Crippen molar-refractivity contribution in [3.63, 3.8) is 0 Å². The topological polar surface area (TPSA) is 72.2 Å². The van der Waals surface area contributed by atoms with E-state index in [0.29, 0.717) is 25.9 Å². The molecule has 1 unspecified atom stereocenters. The van der Waals surface area contributed by atoms with Gasteiger partial charge in [-0.15, -0.1) is 0 Å². The van der Waals surface area contributed by atoms with E-state index in [1.165, 1.54) is 5.56 Å². The lowest BCUT2D eigenvalue weighted by Gasteiger charge is -2.17. The first-order valence-electron chi connectivity index (χ1n) is 10.00. The minimum atomic E-state index is -0.0424. The van der Waals surface area contributed by atoms with Crippen molar-refractivity contribution in [2.45, 2.75) is 58.7 Å². The van der Waals surface area contributed by atoms with Gasteiger partial charge in [0.2, 0.25) is 5.91 Å². The molecule has 0 aliphatic carbocycles. The van der Waals surface area contributed by atoms with E-state index in [1.54, 1.807) is 9.25 Å². The number of amides is 1. The van der Waals surface area contributed by atoms with Crippen molar-refractivity contribution >= 4 is 5.91 Å². The van der Waals surface area contributed by atoms with Gasteiger partial charge in [-0.1, -0.05) is 23.8 Å². The molecule has 1 atom stereocenters. The standard InChI is InChI=1S/C21H31N5O2/c1-15-5-6-16(2)17(13-15)14-20(27)22-18-7-8-19-23-26(12-11-24(3)4)21(28)25(19)10-9-18/h5-6,13,18H,7-12,14H2,1-4H3,(H,22,27). The number of aromatic nitrogens is 3. The van der Waals surface area contributed by atoms with Gasteiger partial charge in [-0.3, -0.25) is 9.36 Å². The summed E-state index contributed by atoms with van der Waals surface area (Å²) in [5.41, 5.74) is 3.33. The Hall–Kier alpha value is -2.41. The van der Waals surface area contributed by atoms with Crippen molar-refractivity contribution in [1.29, 1.82) is 0 Å². The number of hydrogen-bond acceptors (Lipinski definition) is 4. The van der Waals surface area contributed by atoms with Crippen molar-refractivity contribution < 1.29 is 4.79 Å². The molecule has 1 aromatic heterocycles. The van der Waals surface area contributed by atoms with Crippen LogP contribution in [-0.2, 0) is 30.7 Å². The summed E-state index contributed by atoms with van der Waals surface area (Å²) in [4.78, 5) is 27.1. The van der Waals surface area contributed by atoms with Gasteiger partial charge in [0.1, 0.15) is 5.82 Å². The SMILES string of the molecule is Cc1ccc(C)c(CC(=O)NC2CCc3nn(CCN(C)C)c(=O)n3CC2)c1. The van der Waals surface area contributed by atoms with Crippen LogP contribution < -0.4 is 11.0 Å². The normalized spacial score (nSPS) is 16.7. The zero-order chi connectivity index (χ0) is 20.3. The van der Waals surface area contributed by atoms with Crippen molar-refractivity contribution in [3.05, 3.63) is 51.2 Å². The van der Waals surface area contributed by atoms with E-state index in [2.05, 4.69) is 28.6 Å². The summed E-state index contributed by atoms with van der Waals surface area (Å²) >= 11 is 0. The summed E-state index contributed by atoms with van der Waals surface area (Å²) in [5, 5.41) is 7.67. The predicted octanol–water partition coefficient (Wildman–Crippen LogP) is 1.29. The molecule has 1 amide bonds. The number of nitrogens with zero attached hydrogens (tertiary/aromatic N) is 4. The summed E-state index contributed by atoms with van der Waals surface area (Å²) in [6, 6.07) is 6.28. The first-order valence-corrected chi connectivity index (χ1v) is 10.00. The Labute approximate surface area is 166 Å². The van der Waals surface area contributed by atoms with E-state index >= 15 is 0 Å². The number of rotatable bonds is 6. The highest BCUT2D eigenvalue weighted by Gasteiger charge is 2.22. The third-order valence-electron chi connectivity index (χ3n) is 5.40. The van der Waals surface area contributed by atoms with Gasteiger partial charge in [0.05, 0.1) is 13.0 Å². The molecule has 2 heterocycles. The quantitative estimate of drug-likeness (QED) is 0.813. The molecule has 0 spiro atoms. The number of nitrogens with one attached hydrogen (secondary N) is 1. The van der Waals surface area contributed by atoms with Gasteiger partial charge in [-0.2, -0.15) is 5.10 Å². The van der Waals surface area contributed by atoms with Crippen LogP contribution in [0.15, 0.2) is 23.0 Å². The maximum atomic E-state index is 12.6. The first-order chi connectivity index (χ1) is 13.3. The molecule has 0 saturated carbocycles. The largest absolute Gasteiger partial charge is 0.353 e. The third kappa shape index (κ3) is 4.90. The Morgan fingerprint density at radius 2 is 2.07 bits per heavy atom. The molecule has 3 rings (SSSR count). The average molecular weight is 386 g/mol. The lowest BCUT2D eigenvalue weighted by molar-refractivity contribution is -0.121. The molecular formula is C21H31N5O2.